The average molecular weight is 339 g/mol. The van der Waals surface area contributed by atoms with Gasteiger partial charge in [-0.1, -0.05) is 13.8 Å². The molecule has 0 aliphatic rings. The third-order valence-corrected chi connectivity index (χ3v) is 3.21. The monoisotopic (exact) mass is 338 g/mol. The summed E-state index contributed by atoms with van der Waals surface area (Å²) >= 11 is 3.14. The highest BCUT2D eigenvalue weighted by atomic mass is 79.9. The molecule has 2 rings (SSSR count). The molecule has 0 saturated heterocycles. The van der Waals surface area contributed by atoms with Gasteiger partial charge in [0.25, 0.3) is 0 Å². The highest BCUT2D eigenvalue weighted by Gasteiger charge is 2.04. The zero-order chi connectivity index (χ0) is 14.5. The lowest BCUT2D eigenvalue weighted by Crippen LogP contribution is -2.22. The van der Waals surface area contributed by atoms with Crippen molar-refractivity contribution in [2.24, 2.45) is 0 Å². The van der Waals surface area contributed by atoms with Crippen LogP contribution in [0.4, 0.5) is 4.39 Å². The molecule has 0 radical (unpaired) electrons. The van der Waals surface area contributed by atoms with Crippen LogP contribution in [0.1, 0.15) is 19.5 Å². The minimum atomic E-state index is -0.311. The molecular formula is C15H16BrFN2O. The first-order valence-corrected chi connectivity index (χ1v) is 7.15. The lowest BCUT2D eigenvalue weighted by Gasteiger charge is -2.10. The largest absolute Gasteiger partial charge is 0.457 e. The van der Waals surface area contributed by atoms with Gasteiger partial charge in [0.15, 0.2) is 0 Å². The summed E-state index contributed by atoms with van der Waals surface area (Å²) < 4.78 is 19.2. The van der Waals surface area contributed by atoms with Gasteiger partial charge in [-0.15, -0.1) is 0 Å². The number of pyridine rings is 1. The van der Waals surface area contributed by atoms with E-state index in [2.05, 4.69) is 40.1 Å². The van der Waals surface area contributed by atoms with Crippen LogP contribution in [-0.2, 0) is 6.54 Å². The van der Waals surface area contributed by atoms with E-state index in [0.29, 0.717) is 28.6 Å². The van der Waals surface area contributed by atoms with Gasteiger partial charge in [0, 0.05) is 24.8 Å². The SMILES string of the molecule is CC(C)NCc1cc(Oc2ccc(F)c(Br)c2)ccn1. The number of ether oxygens (including phenoxy) is 1. The molecule has 106 valence electrons. The Bertz CT molecular complexity index is 590. The van der Waals surface area contributed by atoms with Gasteiger partial charge in [-0.3, -0.25) is 4.98 Å². The van der Waals surface area contributed by atoms with Crippen molar-refractivity contribution >= 4 is 15.9 Å². The molecule has 5 heteroatoms. The van der Waals surface area contributed by atoms with E-state index in [-0.39, 0.29) is 5.82 Å². The Morgan fingerprint density at radius 3 is 2.70 bits per heavy atom. The third-order valence-electron chi connectivity index (χ3n) is 2.61. The van der Waals surface area contributed by atoms with E-state index in [1.54, 1.807) is 24.4 Å². The minimum absolute atomic E-state index is 0.311. The molecule has 0 spiro atoms. The van der Waals surface area contributed by atoms with E-state index in [1.165, 1.54) is 6.07 Å². The Labute approximate surface area is 126 Å². The molecule has 0 amide bonds. The van der Waals surface area contributed by atoms with Gasteiger partial charge in [0.1, 0.15) is 17.3 Å². The van der Waals surface area contributed by atoms with E-state index in [1.807, 2.05) is 6.07 Å². The molecule has 0 fully saturated rings. The van der Waals surface area contributed by atoms with Crippen LogP contribution in [0.15, 0.2) is 41.0 Å². The molecule has 1 heterocycles. The van der Waals surface area contributed by atoms with Crippen molar-refractivity contribution in [3.8, 4) is 11.5 Å². The molecule has 0 saturated carbocycles. The van der Waals surface area contributed by atoms with Crippen molar-refractivity contribution in [1.29, 1.82) is 0 Å². The first-order chi connectivity index (χ1) is 9.54. The van der Waals surface area contributed by atoms with E-state index in [9.17, 15) is 4.39 Å². The fourth-order valence-electron chi connectivity index (χ4n) is 1.60. The number of nitrogens with one attached hydrogen (secondary N) is 1. The van der Waals surface area contributed by atoms with Crippen molar-refractivity contribution in [3.05, 3.63) is 52.5 Å². The topological polar surface area (TPSA) is 34.1 Å². The first kappa shape index (κ1) is 14.9. The van der Waals surface area contributed by atoms with Crippen LogP contribution in [0.3, 0.4) is 0 Å². The second-order valence-corrected chi connectivity index (χ2v) is 5.55. The number of rotatable bonds is 5. The summed E-state index contributed by atoms with van der Waals surface area (Å²) in [5.41, 5.74) is 0.900. The van der Waals surface area contributed by atoms with Gasteiger partial charge in [-0.25, -0.2) is 4.39 Å². The van der Waals surface area contributed by atoms with Crippen molar-refractivity contribution in [1.82, 2.24) is 10.3 Å². The standard InChI is InChI=1S/C15H16BrFN2O/c1-10(2)19-9-11-7-13(5-6-18-11)20-12-3-4-15(17)14(16)8-12/h3-8,10,19H,9H2,1-2H3. The van der Waals surface area contributed by atoms with Crippen molar-refractivity contribution in [2.45, 2.75) is 26.4 Å². The summed E-state index contributed by atoms with van der Waals surface area (Å²) in [6.45, 7) is 4.84. The quantitative estimate of drug-likeness (QED) is 0.883. The predicted molar refractivity (Wildman–Crippen MR) is 80.4 cm³/mol. The summed E-state index contributed by atoms with van der Waals surface area (Å²) in [5, 5.41) is 3.29. The Hall–Kier alpha value is -1.46. The maximum absolute atomic E-state index is 13.2. The van der Waals surface area contributed by atoms with Crippen LogP contribution in [0.5, 0.6) is 11.5 Å². The van der Waals surface area contributed by atoms with Crippen molar-refractivity contribution in [3.63, 3.8) is 0 Å². The molecule has 20 heavy (non-hydrogen) atoms. The number of halogens is 2. The van der Waals surface area contributed by atoms with Crippen LogP contribution in [0.2, 0.25) is 0 Å². The number of hydrogen-bond acceptors (Lipinski definition) is 3. The predicted octanol–water partition coefficient (Wildman–Crippen LogP) is 4.27. The lowest BCUT2D eigenvalue weighted by molar-refractivity contribution is 0.477. The highest BCUT2D eigenvalue weighted by molar-refractivity contribution is 9.10. The van der Waals surface area contributed by atoms with Crippen LogP contribution >= 0.6 is 15.9 Å². The number of nitrogens with zero attached hydrogens (tertiary/aromatic N) is 1. The Kier molecular flexibility index (Phi) is 5.09. The van der Waals surface area contributed by atoms with Gasteiger partial charge in [-0.05, 0) is 40.2 Å². The maximum atomic E-state index is 13.2. The van der Waals surface area contributed by atoms with E-state index >= 15 is 0 Å². The van der Waals surface area contributed by atoms with Crippen molar-refractivity contribution in [2.75, 3.05) is 0 Å². The summed E-state index contributed by atoms with van der Waals surface area (Å²) in [4.78, 5) is 4.27. The molecule has 3 nitrogen and oxygen atoms in total. The van der Waals surface area contributed by atoms with Gasteiger partial charge in [0.2, 0.25) is 0 Å². The van der Waals surface area contributed by atoms with Crippen LogP contribution < -0.4 is 10.1 Å². The Morgan fingerprint density at radius 1 is 1.25 bits per heavy atom. The molecule has 0 atom stereocenters. The molecule has 0 bridgehead atoms. The van der Waals surface area contributed by atoms with Gasteiger partial charge >= 0.3 is 0 Å². The summed E-state index contributed by atoms with van der Waals surface area (Å²) in [6, 6.07) is 8.59. The second kappa shape index (κ2) is 6.81. The van der Waals surface area contributed by atoms with E-state index in [0.717, 1.165) is 5.69 Å². The minimum Gasteiger partial charge on any atom is -0.457 e. The summed E-state index contributed by atoms with van der Waals surface area (Å²) in [6.07, 6.45) is 1.70. The van der Waals surface area contributed by atoms with Crippen molar-refractivity contribution < 1.29 is 9.13 Å². The fraction of sp³-hybridized carbons (Fsp3) is 0.267. The normalized spacial score (nSPS) is 10.8. The molecular weight excluding hydrogens is 323 g/mol. The second-order valence-electron chi connectivity index (χ2n) is 4.70. The molecule has 1 aromatic heterocycles. The highest BCUT2D eigenvalue weighted by Crippen LogP contribution is 2.26. The third kappa shape index (κ3) is 4.28. The Balaban J connectivity index is 2.08. The van der Waals surface area contributed by atoms with Crippen LogP contribution in [0.25, 0.3) is 0 Å². The average Bonchev–Trinajstić information content (AvgIpc) is 2.41. The maximum Gasteiger partial charge on any atom is 0.137 e. The molecule has 0 aliphatic carbocycles. The van der Waals surface area contributed by atoms with Crippen LogP contribution in [-0.4, -0.2) is 11.0 Å². The lowest BCUT2D eigenvalue weighted by atomic mass is 10.3. The number of benzene rings is 1. The Morgan fingerprint density at radius 2 is 2.00 bits per heavy atom. The van der Waals surface area contributed by atoms with Gasteiger partial charge in [-0.2, -0.15) is 0 Å². The van der Waals surface area contributed by atoms with E-state index < -0.39 is 0 Å². The fourth-order valence-corrected chi connectivity index (χ4v) is 1.96. The summed E-state index contributed by atoms with van der Waals surface area (Å²) in [7, 11) is 0. The molecule has 1 N–H and O–H groups in total. The van der Waals surface area contributed by atoms with Gasteiger partial charge in [0.05, 0.1) is 10.2 Å². The van der Waals surface area contributed by atoms with Crippen LogP contribution in [0, 0.1) is 5.82 Å². The van der Waals surface area contributed by atoms with E-state index in [4.69, 9.17) is 4.74 Å². The van der Waals surface area contributed by atoms with Gasteiger partial charge < -0.3 is 10.1 Å². The zero-order valence-electron chi connectivity index (χ0n) is 11.4. The first-order valence-electron chi connectivity index (χ1n) is 6.36. The summed E-state index contributed by atoms with van der Waals surface area (Å²) in [5.74, 6) is 0.945. The smallest absolute Gasteiger partial charge is 0.137 e. The number of hydrogen-bond donors (Lipinski definition) is 1. The molecule has 1 aromatic carbocycles. The molecule has 2 aromatic rings. The zero-order valence-corrected chi connectivity index (χ0v) is 12.9. The number of aromatic nitrogens is 1. The molecule has 0 aliphatic heterocycles. The molecule has 0 unspecified atom stereocenters.